The summed E-state index contributed by atoms with van der Waals surface area (Å²) < 4.78 is 0. The topological polar surface area (TPSA) is 35.5 Å². The maximum Gasteiger partial charge on any atom is 0.227 e. The van der Waals surface area contributed by atoms with E-state index in [1.807, 2.05) is 0 Å². The Labute approximate surface area is 166 Å². The molecule has 0 saturated carbocycles. The third kappa shape index (κ3) is 3.37. The van der Waals surface area contributed by atoms with Crippen molar-refractivity contribution in [2.75, 3.05) is 54.0 Å². The van der Waals surface area contributed by atoms with E-state index in [0.717, 1.165) is 61.9 Å². The molecule has 2 fully saturated rings. The van der Waals surface area contributed by atoms with Crippen molar-refractivity contribution in [1.82, 2.24) is 9.97 Å². The molecule has 0 unspecified atom stereocenters. The second kappa shape index (κ2) is 7.66. The minimum atomic E-state index is 0.902. The van der Waals surface area contributed by atoms with E-state index in [2.05, 4.69) is 69.3 Å². The monoisotopic (exact) mass is 373 g/mol. The molecule has 1 aromatic heterocycles. The van der Waals surface area contributed by atoms with Gasteiger partial charge in [0.15, 0.2) is 0 Å². The first-order chi connectivity index (χ1) is 13.9. The van der Waals surface area contributed by atoms with Crippen molar-refractivity contribution in [1.29, 1.82) is 0 Å². The summed E-state index contributed by atoms with van der Waals surface area (Å²) in [6.07, 6.45) is 3.79. The van der Waals surface area contributed by atoms with Gasteiger partial charge in [-0.25, -0.2) is 4.98 Å². The minimum Gasteiger partial charge on any atom is -0.368 e. The molecular weight excluding hydrogens is 346 g/mol. The average molecular weight is 374 g/mol. The molecule has 5 heteroatoms. The fourth-order valence-electron chi connectivity index (χ4n) is 4.34. The Kier molecular flexibility index (Phi) is 4.73. The van der Waals surface area contributed by atoms with Crippen molar-refractivity contribution < 1.29 is 0 Å². The van der Waals surface area contributed by atoms with Crippen LogP contribution in [0.15, 0.2) is 54.6 Å². The van der Waals surface area contributed by atoms with Gasteiger partial charge in [0.1, 0.15) is 5.82 Å². The van der Waals surface area contributed by atoms with Gasteiger partial charge in [0.25, 0.3) is 0 Å². The standard InChI is InChI=1S/C23H27N5/c1-3-9-19(10-4-1)26-15-17-27(18-16-26)22-20-11-5-6-12-21(20)24-23(25-22)28-13-7-2-8-14-28/h1,3-6,9-12H,2,7-8,13-18H2. The molecule has 0 N–H and O–H groups in total. The van der Waals surface area contributed by atoms with Crippen molar-refractivity contribution in [3.63, 3.8) is 0 Å². The number of hydrogen-bond donors (Lipinski definition) is 0. The van der Waals surface area contributed by atoms with Crippen LogP contribution in [0.25, 0.3) is 10.9 Å². The minimum absolute atomic E-state index is 0.902. The summed E-state index contributed by atoms with van der Waals surface area (Å²) in [5, 5.41) is 1.16. The van der Waals surface area contributed by atoms with Crippen molar-refractivity contribution in [2.45, 2.75) is 19.3 Å². The predicted molar refractivity (Wildman–Crippen MR) is 116 cm³/mol. The fraction of sp³-hybridized carbons (Fsp3) is 0.391. The first-order valence-corrected chi connectivity index (χ1v) is 10.5. The van der Waals surface area contributed by atoms with Crippen LogP contribution in [-0.2, 0) is 0 Å². The number of piperazine rings is 1. The molecular formula is C23H27N5. The Hall–Kier alpha value is -2.82. The third-order valence-corrected chi connectivity index (χ3v) is 5.91. The summed E-state index contributed by atoms with van der Waals surface area (Å²) in [5.74, 6) is 2.00. The summed E-state index contributed by atoms with van der Waals surface area (Å²) in [5.41, 5.74) is 2.36. The Morgan fingerprint density at radius 1 is 0.571 bits per heavy atom. The van der Waals surface area contributed by atoms with Gasteiger partial charge in [-0.15, -0.1) is 0 Å². The number of nitrogens with zero attached hydrogens (tertiary/aromatic N) is 5. The van der Waals surface area contributed by atoms with Crippen LogP contribution in [0.3, 0.4) is 0 Å². The lowest BCUT2D eigenvalue weighted by molar-refractivity contribution is 0.568. The number of anilines is 3. The molecule has 3 aromatic rings. The quantitative estimate of drug-likeness (QED) is 0.695. The highest BCUT2D eigenvalue weighted by molar-refractivity contribution is 5.90. The van der Waals surface area contributed by atoms with Gasteiger partial charge in [-0.05, 0) is 43.5 Å². The lowest BCUT2D eigenvalue weighted by Crippen LogP contribution is -2.47. The summed E-state index contributed by atoms with van der Waals surface area (Å²) >= 11 is 0. The van der Waals surface area contributed by atoms with Gasteiger partial charge < -0.3 is 14.7 Å². The van der Waals surface area contributed by atoms with Gasteiger partial charge in [0.2, 0.25) is 5.95 Å². The highest BCUT2D eigenvalue weighted by Gasteiger charge is 2.22. The van der Waals surface area contributed by atoms with E-state index in [4.69, 9.17) is 9.97 Å². The van der Waals surface area contributed by atoms with Gasteiger partial charge in [-0.1, -0.05) is 30.3 Å². The van der Waals surface area contributed by atoms with Crippen LogP contribution < -0.4 is 14.7 Å². The van der Waals surface area contributed by atoms with Gasteiger partial charge >= 0.3 is 0 Å². The molecule has 2 aliphatic rings. The lowest BCUT2D eigenvalue weighted by atomic mass is 10.1. The number of benzene rings is 2. The molecule has 5 rings (SSSR count). The number of fused-ring (bicyclic) bond motifs is 1. The molecule has 2 aromatic carbocycles. The van der Waals surface area contributed by atoms with Crippen LogP contribution in [0.2, 0.25) is 0 Å². The zero-order valence-electron chi connectivity index (χ0n) is 16.3. The summed E-state index contributed by atoms with van der Waals surface area (Å²) in [6.45, 7) is 6.13. The molecule has 3 heterocycles. The number of hydrogen-bond acceptors (Lipinski definition) is 5. The van der Waals surface area contributed by atoms with E-state index < -0.39 is 0 Å². The van der Waals surface area contributed by atoms with Crippen LogP contribution in [0.4, 0.5) is 17.5 Å². The molecule has 2 saturated heterocycles. The molecule has 5 nitrogen and oxygen atoms in total. The number of piperidine rings is 1. The van der Waals surface area contributed by atoms with Crippen LogP contribution in [0, 0.1) is 0 Å². The first kappa shape index (κ1) is 17.3. The van der Waals surface area contributed by atoms with Gasteiger partial charge in [-0.3, -0.25) is 0 Å². The second-order valence-corrected chi connectivity index (χ2v) is 7.72. The fourth-order valence-corrected chi connectivity index (χ4v) is 4.34. The molecule has 0 atom stereocenters. The largest absolute Gasteiger partial charge is 0.368 e. The number of rotatable bonds is 3. The summed E-state index contributed by atoms with van der Waals surface area (Å²) in [4.78, 5) is 17.2. The van der Waals surface area contributed by atoms with E-state index in [9.17, 15) is 0 Å². The maximum absolute atomic E-state index is 5.07. The molecule has 0 amide bonds. The Bertz CT molecular complexity index is 928. The van der Waals surface area contributed by atoms with Crippen molar-refractivity contribution >= 4 is 28.4 Å². The molecule has 144 valence electrons. The van der Waals surface area contributed by atoms with Crippen molar-refractivity contribution in [2.24, 2.45) is 0 Å². The smallest absolute Gasteiger partial charge is 0.227 e. The first-order valence-electron chi connectivity index (χ1n) is 10.5. The summed E-state index contributed by atoms with van der Waals surface area (Å²) in [7, 11) is 0. The van der Waals surface area contributed by atoms with E-state index >= 15 is 0 Å². The van der Waals surface area contributed by atoms with Gasteiger partial charge in [0, 0.05) is 50.3 Å². The molecule has 28 heavy (non-hydrogen) atoms. The SMILES string of the molecule is c1ccc(N2CCN(c3nc(N4CCCCC4)nc4ccccc34)CC2)cc1. The molecule has 2 aliphatic heterocycles. The van der Waals surface area contributed by atoms with Crippen LogP contribution >= 0.6 is 0 Å². The highest BCUT2D eigenvalue weighted by atomic mass is 15.3. The van der Waals surface area contributed by atoms with Crippen molar-refractivity contribution in [3.8, 4) is 0 Å². The van der Waals surface area contributed by atoms with Crippen LogP contribution in [-0.4, -0.2) is 49.2 Å². The van der Waals surface area contributed by atoms with Gasteiger partial charge in [-0.2, -0.15) is 4.98 Å². The molecule has 0 spiro atoms. The van der Waals surface area contributed by atoms with Gasteiger partial charge in [0.05, 0.1) is 5.52 Å². The highest BCUT2D eigenvalue weighted by Crippen LogP contribution is 2.29. The lowest BCUT2D eigenvalue weighted by Gasteiger charge is -2.37. The molecule has 0 aliphatic carbocycles. The Morgan fingerprint density at radius 3 is 2.04 bits per heavy atom. The van der Waals surface area contributed by atoms with Crippen LogP contribution in [0.1, 0.15) is 19.3 Å². The third-order valence-electron chi connectivity index (χ3n) is 5.91. The zero-order chi connectivity index (χ0) is 18.8. The van der Waals surface area contributed by atoms with Crippen molar-refractivity contribution in [3.05, 3.63) is 54.6 Å². The Morgan fingerprint density at radius 2 is 1.25 bits per heavy atom. The Balaban J connectivity index is 1.43. The molecule has 0 bridgehead atoms. The second-order valence-electron chi connectivity index (χ2n) is 7.72. The summed E-state index contributed by atoms with van der Waals surface area (Å²) in [6, 6.07) is 19.2. The number of aromatic nitrogens is 2. The predicted octanol–water partition coefficient (Wildman–Crippen LogP) is 3.95. The van der Waals surface area contributed by atoms with E-state index in [1.165, 1.54) is 24.9 Å². The average Bonchev–Trinajstić information content (AvgIpc) is 2.80. The zero-order valence-corrected chi connectivity index (χ0v) is 16.3. The van der Waals surface area contributed by atoms with E-state index in [1.54, 1.807) is 0 Å². The van der Waals surface area contributed by atoms with E-state index in [-0.39, 0.29) is 0 Å². The maximum atomic E-state index is 5.07. The van der Waals surface area contributed by atoms with E-state index in [0.29, 0.717) is 0 Å². The van der Waals surface area contributed by atoms with Crippen LogP contribution in [0.5, 0.6) is 0 Å². The number of para-hydroxylation sites is 2. The molecule has 0 radical (unpaired) electrons. The normalized spacial score (nSPS) is 17.9.